The summed E-state index contributed by atoms with van der Waals surface area (Å²) in [6.45, 7) is 1.73. The Morgan fingerprint density at radius 2 is 2.14 bits per heavy atom. The van der Waals surface area contributed by atoms with E-state index in [9.17, 15) is 18.0 Å². The highest BCUT2D eigenvalue weighted by molar-refractivity contribution is 9.10. The number of rotatable bonds is 3. The van der Waals surface area contributed by atoms with Gasteiger partial charge in [0.15, 0.2) is 5.82 Å². The monoisotopic (exact) mass is 363 g/mol. The van der Waals surface area contributed by atoms with E-state index in [4.69, 9.17) is 4.74 Å². The fourth-order valence-electron chi connectivity index (χ4n) is 1.62. The Balaban J connectivity index is 2.46. The molecule has 1 heterocycles. The minimum Gasteiger partial charge on any atom is -0.460 e. The summed E-state index contributed by atoms with van der Waals surface area (Å²) >= 11 is 2.99. The average Bonchev–Trinajstić information content (AvgIpc) is 2.87. The van der Waals surface area contributed by atoms with Crippen molar-refractivity contribution in [1.29, 1.82) is 0 Å². The molecule has 2 rings (SSSR count). The fourth-order valence-corrected chi connectivity index (χ4v) is 1.98. The van der Waals surface area contributed by atoms with Crippen molar-refractivity contribution in [3.8, 4) is 11.4 Å². The lowest BCUT2D eigenvalue weighted by Crippen LogP contribution is -2.08. The molecule has 1 aromatic carbocycles. The highest BCUT2D eigenvalue weighted by Crippen LogP contribution is 2.37. The maximum absolute atomic E-state index is 13.0. The first kappa shape index (κ1) is 15.5. The van der Waals surface area contributed by atoms with Crippen LogP contribution in [0.4, 0.5) is 13.2 Å². The van der Waals surface area contributed by atoms with E-state index in [1.54, 1.807) is 6.92 Å². The molecule has 5 nitrogen and oxygen atoms in total. The number of hydrogen-bond donors (Lipinski definition) is 1. The van der Waals surface area contributed by atoms with Gasteiger partial charge in [-0.25, -0.2) is 9.78 Å². The maximum Gasteiger partial charge on any atom is 0.417 e. The van der Waals surface area contributed by atoms with Gasteiger partial charge in [0.05, 0.1) is 12.2 Å². The molecule has 0 amide bonds. The van der Waals surface area contributed by atoms with Gasteiger partial charge in [0.1, 0.15) is 0 Å². The van der Waals surface area contributed by atoms with Crippen LogP contribution < -0.4 is 0 Å². The summed E-state index contributed by atoms with van der Waals surface area (Å²) in [5.74, 6) is -1.25. The van der Waals surface area contributed by atoms with Crippen molar-refractivity contribution >= 4 is 21.9 Å². The number of carbonyl (C=O) groups excluding carboxylic acids is 1. The van der Waals surface area contributed by atoms with Gasteiger partial charge >= 0.3 is 12.1 Å². The number of nitrogens with zero attached hydrogens (tertiary/aromatic N) is 2. The van der Waals surface area contributed by atoms with Gasteiger partial charge < -0.3 is 4.74 Å². The Labute approximate surface area is 125 Å². The van der Waals surface area contributed by atoms with Gasteiger partial charge in [0, 0.05) is 10.0 Å². The zero-order chi connectivity index (χ0) is 15.6. The number of esters is 1. The lowest BCUT2D eigenvalue weighted by atomic mass is 10.1. The van der Waals surface area contributed by atoms with Crippen molar-refractivity contribution in [2.75, 3.05) is 6.61 Å². The summed E-state index contributed by atoms with van der Waals surface area (Å²) in [6, 6.07) is 3.59. The summed E-state index contributed by atoms with van der Waals surface area (Å²) < 4.78 is 44.0. The molecule has 21 heavy (non-hydrogen) atoms. The molecule has 0 aliphatic rings. The van der Waals surface area contributed by atoms with Gasteiger partial charge in [0.2, 0.25) is 5.82 Å². The van der Waals surface area contributed by atoms with E-state index >= 15 is 0 Å². The first-order chi connectivity index (χ1) is 9.82. The van der Waals surface area contributed by atoms with E-state index in [2.05, 4.69) is 31.1 Å². The molecule has 0 spiro atoms. The van der Waals surface area contributed by atoms with Crippen molar-refractivity contribution < 1.29 is 22.7 Å². The Kier molecular flexibility index (Phi) is 4.31. The minimum atomic E-state index is -4.57. The van der Waals surface area contributed by atoms with E-state index in [0.29, 0.717) is 0 Å². The highest BCUT2D eigenvalue weighted by atomic mass is 79.9. The predicted octanol–water partition coefficient (Wildman–Crippen LogP) is 3.43. The molecule has 0 saturated carbocycles. The van der Waals surface area contributed by atoms with Crippen molar-refractivity contribution in [3.63, 3.8) is 0 Å². The second-order valence-corrected chi connectivity index (χ2v) is 4.83. The standard InChI is InChI=1S/C12H9BrF3N3O2/c1-2-21-11(20)10-17-9(18-19-10)7-4-3-6(13)5-8(7)12(14,15)16/h3-5H,2H2,1H3,(H,17,18,19). The highest BCUT2D eigenvalue weighted by Gasteiger charge is 2.35. The smallest absolute Gasteiger partial charge is 0.417 e. The van der Waals surface area contributed by atoms with Gasteiger partial charge in [0.25, 0.3) is 0 Å². The summed E-state index contributed by atoms with van der Waals surface area (Å²) in [7, 11) is 0. The third-order valence-corrected chi connectivity index (χ3v) is 2.98. The second kappa shape index (κ2) is 5.84. The number of carbonyl (C=O) groups is 1. The number of aromatic amines is 1. The van der Waals surface area contributed by atoms with Gasteiger partial charge in [-0.2, -0.15) is 18.3 Å². The van der Waals surface area contributed by atoms with Crippen molar-refractivity contribution in [1.82, 2.24) is 15.2 Å². The molecule has 0 atom stereocenters. The number of halogens is 4. The molecule has 0 aliphatic carbocycles. The van der Waals surface area contributed by atoms with Crippen molar-refractivity contribution in [2.24, 2.45) is 0 Å². The summed E-state index contributed by atoms with van der Waals surface area (Å²) in [5.41, 5.74) is -1.12. The molecular formula is C12H9BrF3N3O2. The maximum atomic E-state index is 13.0. The zero-order valence-electron chi connectivity index (χ0n) is 10.7. The molecule has 112 valence electrons. The number of alkyl halides is 3. The lowest BCUT2D eigenvalue weighted by molar-refractivity contribution is -0.137. The molecule has 0 bridgehead atoms. The summed E-state index contributed by atoms with van der Waals surface area (Å²) in [5, 5.41) is 5.91. The predicted molar refractivity (Wildman–Crippen MR) is 70.5 cm³/mol. The van der Waals surface area contributed by atoms with Crippen molar-refractivity contribution in [3.05, 3.63) is 34.1 Å². The van der Waals surface area contributed by atoms with Crippen LogP contribution in [0, 0.1) is 0 Å². The normalized spacial score (nSPS) is 11.5. The van der Waals surface area contributed by atoms with Crippen LogP contribution in [0.1, 0.15) is 23.1 Å². The van der Waals surface area contributed by atoms with Crippen LogP contribution in [-0.4, -0.2) is 27.8 Å². The third-order valence-electron chi connectivity index (χ3n) is 2.48. The zero-order valence-corrected chi connectivity index (χ0v) is 12.2. The van der Waals surface area contributed by atoms with E-state index in [-0.39, 0.29) is 28.3 Å². The molecule has 2 aromatic rings. The quantitative estimate of drug-likeness (QED) is 0.848. The van der Waals surface area contributed by atoms with Crippen LogP contribution in [0.2, 0.25) is 0 Å². The third kappa shape index (κ3) is 3.41. The number of hydrogen-bond acceptors (Lipinski definition) is 4. The largest absolute Gasteiger partial charge is 0.460 e. The van der Waals surface area contributed by atoms with Gasteiger partial charge in [-0.1, -0.05) is 15.9 Å². The summed E-state index contributed by atoms with van der Waals surface area (Å²) in [6.07, 6.45) is -4.57. The second-order valence-electron chi connectivity index (χ2n) is 3.92. The number of ether oxygens (including phenoxy) is 1. The SMILES string of the molecule is CCOC(=O)c1nc(-c2ccc(Br)cc2C(F)(F)F)n[nH]1. The molecule has 0 unspecified atom stereocenters. The molecule has 9 heteroatoms. The molecule has 1 N–H and O–H groups in total. The number of benzene rings is 1. The van der Waals surface area contributed by atoms with Gasteiger partial charge in [-0.3, -0.25) is 5.10 Å². The molecule has 0 aliphatic heterocycles. The molecular weight excluding hydrogens is 355 g/mol. The Bertz CT molecular complexity index is 670. The van der Waals surface area contributed by atoms with Crippen LogP contribution in [0.3, 0.4) is 0 Å². The van der Waals surface area contributed by atoms with Gasteiger partial charge in [-0.15, -0.1) is 0 Å². The Morgan fingerprint density at radius 1 is 1.43 bits per heavy atom. The van der Waals surface area contributed by atoms with Crippen LogP contribution in [0.5, 0.6) is 0 Å². The van der Waals surface area contributed by atoms with Crippen LogP contribution in [0.15, 0.2) is 22.7 Å². The molecule has 0 radical (unpaired) electrons. The first-order valence-electron chi connectivity index (χ1n) is 5.79. The number of aromatic nitrogens is 3. The van der Waals surface area contributed by atoms with E-state index in [1.807, 2.05) is 0 Å². The molecule has 0 saturated heterocycles. The Morgan fingerprint density at radius 3 is 2.76 bits per heavy atom. The summed E-state index contributed by atoms with van der Waals surface area (Å²) in [4.78, 5) is 15.2. The van der Waals surface area contributed by atoms with Crippen LogP contribution in [0.25, 0.3) is 11.4 Å². The number of nitrogens with one attached hydrogen (secondary N) is 1. The van der Waals surface area contributed by atoms with E-state index < -0.39 is 17.7 Å². The van der Waals surface area contributed by atoms with E-state index in [0.717, 1.165) is 6.07 Å². The minimum absolute atomic E-state index is 0.126. The van der Waals surface area contributed by atoms with Crippen molar-refractivity contribution in [2.45, 2.75) is 13.1 Å². The van der Waals surface area contributed by atoms with Crippen LogP contribution in [-0.2, 0) is 10.9 Å². The molecule has 0 fully saturated rings. The fraction of sp³-hybridized carbons (Fsp3) is 0.250. The Hall–Kier alpha value is -1.90. The topological polar surface area (TPSA) is 67.9 Å². The van der Waals surface area contributed by atoms with Gasteiger partial charge in [-0.05, 0) is 25.1 Å². The average molecular weight is 364 g/mol. The lowest BCUT2D eigenvalue weighted by Gasteiger charge is -2.10. The van der Waals surface area contributed by atoms with E-state index in [1.165, 1.54) is 12.1 Å². The number of H-pyrrole nitrogens is 1. The van der Waals surface area contributed by atoms with Crippen LogP contribution >= 0.6 is 15.9 Å². The molecule has 1 aromatic heterocycles. The first-order valence-corrected chi connectivity index (χ1v) is 6.59.